The van der Waals surface area contributed by atoms with E-state index in [1.54, 1.807) is 0 Å². The molecular weight excluding hydrogens is 520 g/mol. The van der Waals surface area contributed by atoms with Crippen LogP contribution < -0.4 is 20.7 Å². The number of fused-ring (bicyclic) bond motifs is 1. The molecular formula is C29H39ClN4O5. The molecule has 0 radical (unpaired) electrons. The monoisotopic (exact) mass is 558 g/mol. The van der Waals surface area contributed by atoms with Crippen LogP contribution in [-0.2, 0) is 20.8 Å². The number of benzene rings is 2. The Kier molecular flexibility index (Phi) is 12.0. The van der Waals surface area contributed by atoms with Gasteiger partial charge in [-0.2, -0.15) is 0 Å². The highest BCUT2D eigenvalue weighted by Crippen LogP contribution is 2.33. The number of ether oxygens (including phenoxy) is 1. The van der Waals surface area contributed by atoms with Gasteiger partial charge < -0.3 is 30.7 Å². The van der Waals surface area contributed by atoms with E-state index in [2.05, 4.69) is 16.0 Å². The minimum Gasteiger partial charge on any atom is -0.492 e. The Hall–Kier alpha value is -3.14. The standard InChI is InChI=1S/C22H32N4O5.C7H7Cl/c1-26-17(14-27)21(29)25-13-19(28)23-10-4-6-15-5-2-3-7-18(15)31-12-11-24-20(22(26)30)16-8-9-16;1-6-2-4-7(8)5-3-6/h2-3,5,7,16-17,20,24,27H,4,6,8-14H2,1H3,(H,23,28)(H,25,29);2-5H,1H3. The molecule has 3 amide bonds. The van der Waals surface area contributed by atoms with Gasteiger partial charge in [-0.15, -0.1) is 0 Å². The highest BCUT2D eigenvalue weighted by molar-refractivity contribution is 6.30. The Morgan fingerprint density at radius 3 is 2.41 bits per heavy atom. The number of aliphatic hydroxyl groups excluding tert-OH is 1. The number of halogens is 1. The van der Waals surface area contributed by atoms with Gasteiger partial charge in [0.15, 0.2) is 0 Å². The van der Waals surface area contributed by atoms with Crippen molar-refractivity contribution in [1.82, 2.24) is 20.9 Å². The molecule has 10 heteroatoms. The van der Waals surface area contributed by atoms with Gasteiger partial charge in [-0.1, -0.05) is 47.5 Å². The normalized spacial score (nSPS) is 21.6. The number of hydrogen-bond acceptors (Lipinski definition) is 6. The van der Waals surface area contributed by atoms with Gasteiger partial charge in [0, 0.05) is 25.2 Å². The number of nitrogens with one attached hydrogen (secondary N) is 3. The van der Waals surface area contributed by atoms with Crippen LogP contribution in [0.2, 0.25) is 5.02 Å². The van der Waals surface area contributed by atoms with E-state index >= 15 is 0 Å². The number of likely N-dealkylation sites (N-methyl/N-ethyl adjacent to an activating group) is 1. The smallest absolute Gasteiger partial charge is 0.245 e. The Morgan fingerprint density at radius 1 is 1.03 bits per heavy atom. The first-order chi connectivity index (χ1) is 18.8. The zero-order valence-electron chi connectivity index (χ0n) is 22.6. The maximum atomic E-state index is 13.0. The zero-order valence-corrected chi connectivity index (χ0v) is 23.4. The van der Waals surface area contributed by atoms with Crippen LogP contribution in [0.25, 0.3) is 0 Å². The summed E-state index contributed by atoms with van der Waals surface area (Å²) in [6.07, 6.45) is 3.36. The number of nitrogens with zero attached hydrogens (tertiary/aromatic N) is 1. The van der Waals surface area contributed by atoms with Crippen LogP contribution in [-0.4, -0.2) is 79.7 Å². The predicted molar refractivity (Wildman–Crippen MR) is 151 cm³/mol. The molecule has 212 valence electrons. The SMILES string of the molecule is CN1C(=O)C(C2CC2)NCCOc2ccccc2CCCNC(=O)CNC(=O)C1CO.Cc1ccc(Cl)cc1. The summed E-state index contributed by atoms with van der Waals surface area (Å²) in [5.74, 6) is -0.108. The van der Waals surface area contributed by atoms with Crippen molar-refractivity contribution in [2.45, 2.75) is 44.7 Å². The molecule has 1 heterocycles. The molecule has 0 spiro atoms. The van der Waals surface area contributed by atoms with Gasteiger partial charge in [0.25, 0.3) is 0 Å². The van der Waals surface area contributed by atoms with Crippen LogP contribution >= 0.6 is 11.6 Å². The van der Waals surface area contributed by atoms with Gasteiger partial charge in [-0.05, 0) is 62.3 Å². The first-order valence-electron chi connectivity index (χ1n) is 13.4. The second kappa shape index (κ2) is 15.5. The molecule has 2 atom stereocenters. The molecule has 0 saturated heterocycles. The van der Waals surface area contributed by atoms with Crippen molar-refractivity contribution < 1.29 is 24.2 Å². The van der Waals surface area contributed by atoms with Crippen LogP contribution in [0, 0.1) is 12.8 Å². The minimum absolute atomic E-state index is 0.207. The number of aliphatic hydroxyl groups is 1. The van der Waals surface area contributed by atoms with Crippen molar-refractivity contribution in [2.75, 3.05) is 39.9 Å². The second-order valence-corrected chi connectivity index (χ2v) is 10.3. The van der Waals surface area contributed by atoms with Crippen molar-refractivity contribution in [3.05, 3.63) is 64.7 Å². The van der Waals surface area contributed by atoms with E-state index in [-0.39, 0.29) is 24.3 Å². The summed E-state index contributed by atoms with van der Waals surface area (Å²) in [7, 11) is 1.50. The Labute approximate surface area is 235 Å². The van der Waals surface area contributed by atoms with Gasteiger partial charge in [0.2, 0.25) is 17.7 Å². The van der Waals surface area contributed by atoms with Gasteiger partial charge in [0.1, 0.15) is 18.4 Å². The fraction of sp³-hybridized carbons (Fsp3) is 0.483. The van der Waals surface area contributed by atoms with Crippen molar-refractivity contribution in [3.63, 3.8) is 0 Å². The third-order valence-corrected chi connectivity index (χ3v) is 6.98. The molecule has 1 aliphatic carbocycles. The molecule has 4 N–H and O–H groups in total. The third kappa shape index (κ3) is 9.84. The van der Waals surface area contributed by atoms with E-state index < -0.39 is 24.6 Å². The highest BCUT2D eigenvalue weighted by Gasteiger charge is 2.39. The fourth-order valence-corrected chi connectivity index (χ4v) is 4.38. The molecule has 0 bridgehead atoms. The summed E-state index contributed by atoms with van der Waals surface area (Å²) in [5.41, 5.74) is 2.31. The van der Waals surface area contributed by atoms with E-state index in [4.69, 9.17) is 16.3 Å². The van der Waals surface area contributed by atoms with Gasteiger partial charge in [-0.3, -0.25) is 14.4 Å². The van der Waals surface area contributed by atoms with E-state index in [0.29, 0.717) is 19.7 Å². The molecule has 0 aromatic heterocycles. The van der Waals surface area contributed by atoms with Gasteiger partial charge in [0.05, 0.1) is 19.2 Å². The molecule has 2 aromatic rings. The fourth-order valence-electron chi connectivity index (χ4n) is 4.25. The number of carbonyl (C=O) groups excluding carboxylic acids is 3. The molecule has 4 rings (SSSR count). The Morgan fingerprint density at radius 2 is 1.74 bits per heavy atom. The first-order valence-corrected chi connectivity index (χ1v) is 13.8. The van der Waals surface area contributed by atoms with Crippen LogP contribution in [0.3, 0.4) is 0 Å². The molecule has 2 unspecified atom stereocenters. The van der Waals surface area contributed by atoms with Crippen LogP contribution in [0.5, 0.6) is 5.75 Å². The largest absolute Gasteiger partial charge is 0.492 e. The molecule has 1 aliphatic heterocycles. The van der Waals surface area contributed by atoms with Crippen LogP contribution in [0.1, 0.15) is 30.4 Å². The summed E-state index contributed by atoms with van der Waals surface area (Å²) >= 11 is 5.61. The quantitative estimate of drug-likeness (QED) is 0.448. The molecule has 2 aromatic carbocycles. The van der Waals surface area contributed by atoms with E-state index in [1.165, 1.54) is 17.5 Å². The number of carbonyl (C=O) groups is 3. The van der Waals surface area contributed by atoms with Crippen molar-refractivity contribution in [3.8, 4) is 5.75 Å². The second-order valence-electron chi connectivity index (χ2n) is 9.84. The Bertz CT molecular complexity index is 1070. The summed E-state index contributed by atoms with van der Waals surface area (Å²) in [6, 6.07) is 14.1. The number of amides is 3. The lowest BCUT2D eigenvalue weighted by Crippen LogP contribution is -2.56. The van der Waals surface area contributed by atoms with Crippen molar-refractivity contribution >= 4 is 29.3 Å². The highest BCUT2D eigenvalue weighted by atomic mass is 35.5. The maximum Gasteiger partial charge on any atom is 0.245 e. The minimum atomic E-state index is -1.05. The number of rotatable bonds is 2. The summed E-state index contributed by atoms with van der Waals surface area (Å²) in [4.78, 5) is 38.9. The van der Waals surface area contributed by atoms with Crippen molar-refractivity contribution in [1.29, 1.82) is 0 Å². The first kappa shape index (κ1) is 30.4. The predicted octanol–water partition coefficient (Wildman–Crippen LogP) is 2.08. The summed E-state index contributed by atoms with van der Waals surface area (Å²) < 4.78 is 5.95. The van der Waals surface area contributed by atoms with E-state index in [9.17, 15) is 19.5 Å². The van der Waals surface area contributed by atoms with Crippen LogP contribution in [0.15, 0.2) is 48.5 Å². The van der Waals surface area contributed by atoms with E-state index in [1.807, 2.05) is 55.5 Å². The lowest BCUT2D eigenvalue weighted by Gasteiger charge is -2.30. The average molecular weight is 559 g/mol. The molecule has 9 nitrogen and oxygen atoms in total. The lowest BCUT2D eigenvalue weighted by molar-refractivity contribution is -0.142. The molecule has 2 aliphatic rings. The van der Waals surface area contributed by atoms with Gasteiger partial charge in [-0.25, -0.2) is 0 Å². The van der Waals surface area contributed by atoms with Gasteiger partial charge >= 0.3 is 0 Å². The number of hydrogen-bond donors (Lipinski definition) is 4. The third-order valence-electron chi connectivity index (χ3n) is 6.73. The van der Waals surface area contributed by atoms with Crippen molar-refractivity contribution in [2.24, 2.45) is 5.92 Å². The summed E-state index contributed by atoms with van der Waals surface area (Å²) in [6.45, 7) is 2.67. The molecule has 1 saturated carbocycles. The number of para-hydroxylation sites is 1. The lowest BCUT2D eigenvalue weighted by atomic mass is 10.1. The summed E-state index contributed by atoms with van der Waals surface area (Å²) in [5, 5.41) is 19.1. The number of aryl methyl sites for hydroxylation is 2. The molecule has 1 fully saturated rings. The average Bonchev–Trinajstić information content (AvgIpc) is 3.77. The van der Waals surface area contributed by atoms with Crippen LogP contribution in [0.4, 0.5) is 0 Å². The molecule has 39 heavy (non-hydrogen) atoms. The Balaban J connectivity index is 0.000000449. The van der Waals surface area contributed by atoms with E-state index in [0.717, 1.165) is 42.0 Å². The zero-order chi connectivity index (χ0) is 28.2. The topological polar surface area (TPSA) is 120 Å². The maximum absolute atomic E-state index is 13.0.